The van der Waals surface area contributed by atoms with Crippen LogP contribution in [0.3, 0.4) is 0 Å². The third kappa shape index (κ3) is 19.4. The number of nitriles is 3. The summed E-state index contributed by atoms with van der Waals surface area (Å²) in [5.74, 6) is -8.34. The number of aromatic carboxylic acids is 1. The van der Waals surface area contributed by atoms with Crippen LogP contribution in [0.5, 0.6) is 0 Å². The first kappa shape index (κ1) is 94.5. The average Bonchev–Trinajstić information content (AvgIpc) is 1.56. The van der Waals surface area contributed by atoms with Crippen molar-refractivity contribution in [1.82, 2.24) is 39.3 Å². The zero-order chi connectivity index (χ0) is 91.9. The standard InChI is InChI=1S/C28H22Cl2FN5O4.C25H18Cl2FN5O4.C21H13Cl2FN4O3.C7H11NO2.C4H8O.CH3F.ClH/c1-3-10-40-25(39)28(8-9-28)34-23(37)21-15-33-26-35(18-11-19(29)22(31)20(30)12-18)24(38)27(2,36(21)26)13-16-4-6-17(14-32)7-5-16;1-24(10-13-2-4-14(11-29)5-3-13)21(35)32(15-8-16(26)19(28)17(27)9-15)23-30-12-18(33(23)24)20(34)31-25(6-7-25)22(36)37;1-21(8-11-2-4-12(9-25)5-3-11)19(31)27(13-6-14(22)17(24)15(23)7-13)20-26-10-16(18(29)30)28(20)21;1-2-5-10-6(9)7(8)3-4-7;1-2-4-5-3-1;1-2;/h3-7,11-12,15H,1,8-10,13H2,2H3,(H,34,37);2-5,8-9,12H,6-7,10H2,1H3,(H,31,34)(H,36,37);2-7,10H,8H2,1H3,(H,29,30);2H,1,3-5,8H2;1-4H2;1H3;1H/t27-;24-;21-;;;;/m111..../s1/i;;;;;1D;. The lowest BCUT2D eigenvalue weighted by Gasteiger charge is -2.27. The number of carbonyl (C=O) groups is 9. The second-order valence-corrected chi connectivity index (χ2v) is 32.6. The van der Waals surface area contributed by atoms with Crippen molar-refractivity contribution < 1.29 is 86.5 Å². The number of carboxylic acid groups (broad SMARTS) is 2. The number of hydrogen-bond acceptors (Lipinski definition) is 19. The number of benzene rings is 6. The number of nitrogens with two attached hydrogens (primary N) is 1. The fraction of sp³-hybridized carbons (Fsp3) is 0.291. The number of amides is 5. The number of esters is 2. The smallest absolute Gasteiger partial charge is 0.354 e. The van der Waals surface area contributed by atoms with Gasteiger partial charge in [0, 0.05) is 32.5 Å². The molecule has 3 saturated carbocycles. The topological polar surface area (TPSA) is 406 Å². The zero-order valence-corrected chi connectivity index (χ0v) is 72.3. The Bertz CT molecular complexity index is 5910. The minimum absolute atomic E-state index is 0. The molecule has 3 aromatic heterocycles. The van der Waals surface area contributed by atoms with Crippen LogP contribution in [-0.4, -0.2) is 142 Å². The van der Waals surface area contributed by atoms with Gasteiger partial charge in [-0.1, -0.05) is 131 Å². The fourth-order valence-electron chi connectivity index (χ4n) is 14.2. The lowest BCUT2D eigenvalue weighted by atomic mass is 9.91. The Morgan fingerprint density at radius 2 is 0.810 bits per heavy atom. The van der Waals surface area contributed by atoms with Crippen LogP contribution < -0.4 is 31.1 Å². The summed E-state index contributed by atoms with van der Waals surface area (Å²) in [6.45, 7) is 14.1. The summed E-state index contributed by atoms with van der Waals surface area (Å²) in [6, 6.07) is 33.5. The summed E-state index contributed by atoms with van der Waals surface area (Å²) in [5, 5.41) is 50.0. The zero-order valence-electron chi connectivity index (χ0n) is 67.9. The van der Waals surface area contributed by atoms with Crippen molar-refractivity contribution >= 4 is 170 Å². The number of nitrogens with zero attached hydrogens (tertiary/aromatic N) is 12. The molecule has 9 aromatic rings. The van der Waals surface area contributed by atoms with E-state index in [0.29, 0.717) is 46.2 Å². The molecule has 4 fully saturated rings. The van der Waals surface area contributed by atoms with E-state index in [1.165, 1.54) is 102 Å². The molecule has 3 aliphatic carbocycles. The van der Waals surface area contributed by atoms with Crippen molar-refractivity contribution in [2.45, 2.75) is 125 Å². The molecule has 16 rings (SSSR count). The van der Waals surface area contributed by atoms with Gasteiger partial charge in [0.2, 0.25) is 17.8 Å². The van der Waals surface area contributed by atoms with Crippen molar-refractivity contribution in [3.63, 3.8) is 0 Å². The van der Waals surface area contributed by atoms with E-state index in [9.17, 15) is 70.9 Å². The summed E-state index contributed by atoms with van der Waals surface area (Å²) in [4.78, 5) is 132. The lowest BCUT2D eigenvalue weighted by molar-refractivity contribution is -0.146. The van der Waals surface area contributed by atoms with Gasteiger partial charge in [-0.25, -0.2) is 57.2 Å². The van der Waals surface area contributed by atoms with E-state index in [0.717, 1.165) is 32.3 Å². The van der Waals surface area contributed by atoms with Crippen LogP contribution in [0.4, 0.5) is 52.5 Å². The molecule has 5 amide bonds. The van der Waals surface area contributed by atoms with Crippen molar-refractivity contribution in [2.75, 3.05) is 48.3 Å². The molecule has 1 saturated heterocycles. The first-order valence-corrected chi connectivity index (χ1v) is 40.2. The number of imidazole rings is 3. The Morgan fingerprint density at radius 3 is 1.06 bits per heavy atom. The first-order chi connectivity index (χ1) is 59.8. The molecule has 4 aliphatic heterocycles. The number of aliphatic carboxylic acids is 1. The first-order valence-electron chi connectivity index (χ1n) is 38.6. The van der Waals surface area contributed by atoms with E-state index in [-0.39, 0.29) is 146 Å². The highest BCUT2D eigenvalue weighted by Crippen LogP contribution is 2.49. The van der Waals surface area contributed by atoms with Gasteiger partial charge in [0.15, 0.2) is 17.5 Å². The summed E-state index contributed by atoms with van der Waals surface area (Å²) in [5.41, 5.74) is 1.96. The largest absolute Gasteiger partial charge is 0.480 e. The number of aromatic nitrogens is 6. The van der Waals surface area contributed by atoms with Crippen LogP contribution in [0.1, 0.15) is 138 Å². The number of anilines is 6. The normalized spacial score (nSPS) is 18.5. The van der Waals surface area contributed by atoms with Gasteiger partial charge in [-0.05, 0) is 162 Å². The van der Waals surface area contributed by atoms with E-state index in [4.69, 9.17) is 107 Å². The number of halogens is 11. The Hall–Kier alpha value is -12.2. The summed E-state index contributed by atoms with van der Waals surface area (Å²) in [6.07, 6.45) is 12.5. The number of hydrogen-bond donors (Lipinski definition) is 5. The molecule has 6 N–H and O–H groups in total. The fourth-order valence-corrected chi connectivity index (χ4v) is 15.6. The van der Waals surface area contributed by atoms with Crippen molar-refractivity contribution in [3.8, 4) is 18.2 Å². The van der Waals surface area contributed by atoms with Gasteiger partial charge in [0.25, 0.3) is 29.5 Å². The molecule has 7 aliphatic rings. The minimum atomic E-state index is -1.40. The molecule has 6 aromatic carbocycles. The SMILES string of the molecule is C1CCOC1.C=CCOC(=O)C1(N)CC1.C=CCOC(=O)C1(NC(=O)c2cnc3n2[C@](C)(Cc2ccc(C#N)cc2)C(=O)N3c2cc(Cl)c(F)c(Cl)c2)CC1.C[C@@]1(Cc2ccc(C#N)cc2)C(=O)N(c2cc(Cl)c(F)c(Cl)c2)c2ncc(C(=O)NC3(C(=O)O)CC3)n21.C[C@@]1(Cc2ccc(C#N)cc2)C(=O)N(c2cc(Cl)c(F)c(Cl)c2)c2ncc(C(=O)O)n21.Cl.[2H]CF. The average molecular weight is 1870 g/mol. The van der Waals surface area contributed by atoms with Gasteiger partial charge >= 0.3 is 23.9 Å². The molecule has 0 spiro atoms. The van der Waals surface area contributed by atoms with Crippen LogP contribution in [0.2, 0.25) is 30.1 Å². The predicted molar refractivity (Wildman–Crippen MR) is 459 cm³/mol. The molecule has 126 heavy (non-hydrogen) atoms. The van der Waals surface area contributed by atoms with Crippen LogP contribution in [-0.2, 0) is 78.9 Å². The Balaban J connectivity index is 0.000000180. The van der Waals surface area contributed by atoms with Gasteiger partial charge in [-0.2, -0.15) is 15.8 Å². The number of carboxylic acids is 2. The second kappa shape index (κ2) is 39.1. The third-order valence-electron chi connectivity index (χ3n) is 21.3. The number of ether oxygens (including phenoxy) is 3. The quantitative estimate of drug-likeness (QED) is 0.0193. The van der Waals surface area contributed by atoms with Crippen LogP contribution in [0.15, 0.2) is 153 Å². The molecule has 656 valence electrons. The monoisotopic (exact) mass is 1860 g/mol. The Labute approximate surface area is 755 Å². The number of rotatable bonds is 21. The number of nitrogens with one attached hydrogen (secondary N) is 2. The number of carbonyl (C=O) groups excluding carboxylic acids is 7. The molecule has 29 nitrogen and oxygen atoms in total. The van der Waals surface area contributed by atoms with E-state index in [1.807, 2.05) is 12.1 Å². The summed E-state index contributed by atoms with van der Waals surface area (Å²) >= 11 is 35.9. The van der Waals surface area contributed by atoms with Gasteiger partial charge in [0.1, 0.15) is 63.5 Å². The van der Waals surface area contributed by atoms with Crippen LogP contribution in [0.25, 0.3) is 0 Å². The van der Waals surface area contributed by atoms with E-state index >= 15 is 0 Å². The van der Waals surface area contributed by atoms with Crippen LogP contribution in [0, 0.1) is 51.4 Å². The lowest BCUT2D eigenvalue weighted by Crippen LogP contribution is -2.47. The summed E-state index contributed by atoms with van der Waals surface area (Å²) < 4.78 is 76.8. The van der Waals surface area contributed by atoms with Crippen molar-refractivity contribution in [3.05, 3.63) is 251 Å². The van der Waals surface area contributed by atoms with Gasteiger partial charge in [0.05, 0.1) is 109 Å². The molecule has 0 radical (unpaired) electrons. The van der Waals surface area contributed by atoms with Gasteiger partial charge in [-0.15, -0.1) is 12.4 Å². The highest BCUT2D eigenvalue weighted by Gasteiger charge is 2.58. The maximum absolute atomic E-state index is 14.2. The highest BCUT2D eigenvalue weighted by molar-refractivity contribution is 6.37. The molecule has 7 heterocycles. The molecular weight excluding hydrogens is 1790 g/mol. The molecule has 0 bridgehead atoms. The highest BCUT2D eigenvalue weighted by atomic mass is 35.5. The second-order valence-electron chi connectivity index (χ2n) is 30.1. The number of alkyl halides is 1. The van der Waals surface area contributed by atoms with Crippen molar-refractivity contribution in [2.24, 2.45) is 5.73 Å². The maximum Gasteiger partial charge on any atom is 0.354 e. The van der Waals surface area contributed by atoms with E-state index < -0.39 is 105 Å². The summed E-state index contributed by atoms with van der Waals surface area (Å²) in [7, 11) is -1.00. The van der Waals surface area contributed by atoms with Gasteiger partial charge in [-0.3, -0.25) is 46.9 Å². The molecule has 3 atom stereocenters. The molecule has 0 unspecified atom stereocenters. The predicted octanol–water partition coefficient (Wildman–Crippen LogP) is 15.6. The Kier molecular flexibility index (Phi) is 29.3. The minimum Gasteiger partial charge on any atom is -0.480 e. The Morgan fingerprint density at radius 1 is 0.524 bits per heavy atom. The van der Waals surface area contributed by atoms with Gasteiger partial charge < -0.3 is 40.8 Å². The van der Waals surface area contributed by atoms with E-state index in [1.54, 1.807) is 93.6 Å². The molecule has 40 heteroatoms. The van der Waals surface area contributed by atoms with E-state index in [2.05, 4.69) is 44.8 Å². The van der Waals surface area contributed by atoms with Crippen molar-refractivity contribution in [1.29, 1.82) is 15.8 Å². The third-order valence-corrected chi connectivity index (χ3v) is 22.9. The van der Waals surface area contributed by atoms with Crippen LogP contribution >= 0.6 is 82.0 Å². The maximum atomic E-state index is 14.2. The number of fused-ring (bicyclic) bond motifs is 3. The molecular formula is C86H76Cl7F4N15O14.